The number of rotatable bonds is 6. The first-order valence-corrected chi connectivity index (χ1v) is 7.56. The Labute approximate surface area is 138 Å². The number of para-hydroxylation sites is 1. The van der Waals surface area contributed by atoms with Crippen LogP contribution in [0.5, 0.6) is 5.75 Å². The van der Waals surface area contributed by atoms with E-state index in [-0.39, 0.29) is 12.2 Å². The van der Waals surface area contributed by atoms with E-state index in [0.29, 0.717) is 16.9 Å². The number of hydrogen-bond acceptors (Lipinski definition) is 3. The third kappa shape index (κ3) is 3.01. The Morgan fingerprint density at radius 3 is 2.71 bits per heavy atom. The zero-order valence-electron chi connectivity index (χ0n) is 13.2. The molecule has 0 radical (unpaired) electrons. The topological polar surface area (TPSA) is 79.4 Å². The number of methoxy groups -OCH3 is 1. The van der Waals surface area contributed by atoms with Crippen LogP contribution < -0.4 is 4.74 Å². The van der Waals surface area contributed by atoms with E-state index in [2.05, 4.69) is 4.98 Å². The summed E-state index contributed by atoms with van der Waals surface area (Å²) in [5.74, 6) is -1.58. The molecule has 122 valence electrons. The minimum atomic E-state index is -1.02. The predicted octanol–water partition coefficient (Wildman–Crippen LogP) is 3.62. The molecular weight excluding hydrogens is 306 g/mol. The van der Waals surface area contributed by atoms with Gasteiger partial charge in [-0.25, -0.2) is 0 Å². The van der Waals surface area contributed by atoms with Gasteiger partial charge >= 0.3 is 5.97 Å². The minimum absolute atomic E-state index is 0.107. The van der Waals surface area contributed by atoms with Gasteiger partial charge in [-0.15, -0.1) is 0 Å². The van der Waals surface area contributed by atoms with Crippen LogP contribution in [0.1, 0.15) is 28.3 Å². The minimum Gasteiger partial charge on any atom is -0.497 e. The van der Waals surface area contributed by atoms with Gasteiger partial charge < -0.3 is 14.8 Å². The van der Waals surface area contributed by atoms with Crippen molar-refractivity contribution in [3.63, 3.8) is 0 Å². The lowest BCUT2D eigenvalue weighted by Gasteiger charge is -2.11. The average molecular weight is 323 g/mol. The van der Waals surface area contributed by atoms with Crippen molar-refractivity contribution in [2.45, 2.75) is 12.3 Å². The van der Waals surface area contributed by atoms with E-state index < -0.39 is 11.9 Å². The molecule has 1 heterocycles. The van der Waals surface area contributed by atoms with Gasteiger partial charge in [0.2, 0.25) is 0 Å². The second kappa shape index (κ2) is 6.58. The molecule has 1 atom stereocenters. The van der Waals surface area contributed by atoms with Gasteiger partial charge in [0.25, 0.3) is 0 Å². The summed E-state index contributed by atoms with van der Waals surface area (Å²) < 4.78 is 5.11. The quantitative estimate of drug-likeness (QED) is 0.679. The second-order valence-corrected chi connectivity index (χ2v) is 5.54. The van der Waals surface area contributed by atoms with Crippen LogP contribution in [0.15, 0.2) is 54.7 Å². The number of benzene rings is 2. The van der Waals surface area contributed by atoms with E-state index in [4.69, 9.17) is 4.74 Å². The number of ether oxygens (including phenoxy) is 1. The van der Waals surface area contributed by atoms with Crippen LogP contribution in [0.3, 0.4) is 0 Å². The van der Waals surface area contributed by atoms with Gasteiger partial charge in [-0.1, -0.05) is 30.3 Å². The third-order valence-corrected chi connectivity index (χ3v) is 4.08. The Morgan fingerprint density at radius 1 is 1.17 bits per heavy atom. The van der Waals surface area contributed by atoms with E-state index >= 15 is 0 Å². The normalized spacial score (nSPS) is 12.0. The number of Topliss-reactive ketones (excluding diaryl/α,β-unsaturated/α-hetero) is 1. The van der Waals surface area contributed by atoms with Crippen molar-refractivity contribution in [3.05, 3.63) is 65.9 Å². The number of carbonyl (C=O) groups excluding carboxylic acids is 1. The number of fused-ring (bicyclic) bond motifs is 1. The SMILES string of the molecule is COc1cccc(C(=O)CC(C(=O)O)c2c[nH]c3ccccc23)c1. The summed E-state index contributed by atoms with van der Waals surface area (Å²) in [6.45, 7) is 0. The molecule has 0 bridgehead atoms. The third-order valence-electron chi connectivity index (χ3n) is 4.08. The second-order valence-electron chi connectivity index (χ2n) is 5.54. The monoisotopic (exact) mass is 323 g/mol. The molecule has 24 heavy (non-hydrogen) atoms. The Kier molecular flexibility index (Phi) is 4.33. The first-order valence-electron chi connectivity index (χ1n) is 7.56. The summed E-state index contributed by atoms with van der Waals surface area (Å²) in [5, 5.41) is 10.4. The Balaban J connectivity index is 1.92. The lowest BCUT2D eigenvalue weighted by Crippen LogP contribution is -2.16. The molecule has 0 aliphatic heterocycles. The number of aromatic amines is 1. The molecule has 2 aromatic carbocycles. The highest BCUT2D eigenvalue weighted by molar-refractivity contribution is 6.00. The fraction of sp³-hybridized carbons (Fsp3) is 0.158. The molecule has 0 fully saturated rings. The van der Waals surface area contributed by atoms with Crippen LogP contribution >= 0.6 is 0 Å². The smallest absolute Gasteiger partial charge is 0.311 e. The van der Waals surface area contributed by atoms with Gasteiger partial charge in [-0.2, -0.15) is 0 Å². The summed E-state index contributed by atoms with van der Waals surface area (Å²) in [6.07, 6.45) is 1.56. The highest BCUT2D eigenvalue weighted by atomic mass is 16.5. The van der Waals surface area contributed by atoms with Crippen molar-refractivity contribution in [3.8, 4) is 5.75 Å². The maximum Gasteiger partial charge on any atom is 0.311 e. The van der Waals surface area contributed by atoms with Crippen LogP contribution in [0, 0.1) is 0 Å². The van der Waals surface area contributed by atoms with E-state index in [1.54, 1.807) is 30.5 Å². The van der Waals surface area contributed by atoms with Crippen molar-refractivity contribution in [2.75, 3.05) is 7.11 Å². The number of H-pyrrole nitrogens is 1. The molecule has 0 spiro atoms. The summed E-state index contributed by atoms with van der Waals surface area (Å²) in [6, 6.07) is 14.2. The Hall–Kier alpha value is -3.08. The summed E-state index contributed by atoms with van der Waals surface area (Å²) in [7, 11) is 1.52. The van der Waals surface area contributed by atoms with Crippen LogP contribution in [0.25, 0.3) is 10.9 Å². The Morgan fingerprint density at radius 2 is 1.96 bits per heavy atom. The molecule has 0 saturated carbocycles. The summed E-state index contributed by atoms with van der Waals surface area (Å²) in [5.41, 5.74) is 1.92. The molecule has 0 saturated heterocycles. The summed E-state index contributed by atoms with van der Waals surface area (Å²) >= 11 is 0. The molecule has 5 heteroatoms. The van der Waals surface area contributed by atoms with Crippen molar-refractivity contribution in [1.82, 2.24) is 4.98 Å². The number of aliphatic carboxylic acids is 1. The van der Waals surface area contributed by atoms with E-state index in [0.717, 1.165) is 10.9 Å². The van der Waals surface area contributed by atoms with Crippen molar-refractivity contribution >= 4 is 22.7 Å². The van der Waals surface area contributed by atoms with Crippen LogP contribution in [0.2, 0.25) is 0 Å². The molecule has 0 aliphatic carbocycles. The highest BCUT2D eigenvalue weighted by Gasteiger charge is 2.26. The van der Waals surface area contributed by atoms with Gasteiger partial charge in [0.1, 0.15) is 5.75 Å². The van der Waals surface area contributed by atoms with Crippen LogP contribution in [-0.4, -0.2) is 29.0 Å². The molecule has 3 aromatic rings. The number of carboxylic acids is 1. The van der Waals surface area contributed by atoms with Gasteiger partial charge in [0.15, 0.2) is 5.78 Å². The van der Waals surface area contributed by atoms with Crippen LogP contribution in [-0.2, 0) is 4.79 Å². The molecule has 0 amide bonds. The molecule has 2 N–H and O–H groups in total. The number of aromatic nitrogens is 1. The first kappa shape index (κ1) is 15.8. The van der Waals surface area contributed by atoms with Crippen molar-refractivity contribution in [1.29, 1.82) is 0 Å². The van der Waals surface area contributed by atoms with Gasteiger partial charge in [0, 0.05) is 29.1 Å². The first-order chi connectivity index (χ1) is 11.6. The molecule has 1 aromatic heterocycles. The largest absolute Gasteiger partial charge is 0.497 e. The van der Waals surface area contributed by atoms with E-state index in [9.17, 15) is 14.7 Å². The number of nitrogens with one attached hydrogen (secondary N) is 1. The van der Waals surface area contributed by atoms with Crippen molar-refractivity contribution < 1.29 is 19.4 Å². The predicted molar refractivity (Wildman–Crippen MR) is 90.6 cm³/mol. The molecule has 1 unspecified atom stereocenters. The number of carboxylic acid groups (broad SMARTS) is 1. The zero-order valence-corrected chi connectivity index (χ0v) is 13.2. The fourth-order valence-corrected chi connectivity index (χ4v) is 2.81. The molecule has 0 aliphatic rings. The summed E-state index contributed by atoms with van der Waals surface area (Å²) in [4.78, 5) is 27.3. The highest BCUT2D eigenvalue weighted by Crippen LogP contribution is 2.29. The molecule has 5 nitrogen and oxygen atoms in total. The van der Waals surface area contributed by atoms with Gasteiger partial charge in [-0.05, 0) is 23.8 Å². The molecule has 3 rings (SSSR count). The van der Waals surface area contributed by atoms with Crippen LogP contribution in [0.4, 0.5) is 0 Å². The van der Waals surface area contributed by atoms with E-state index in [1.807, 2.05) is 24.3 Å². The number of hydrogen-bond donors (Lipinski definition) is 2. The average Bonchev–Trinajstić information content (AvgIpc) is 3.03. The van der Waals surface area contributed by atoms with Gasteiger partial charge in [-0.3, -0.25) is 9.59 Å². The lowest BCUT2D eigenvalue weighted by molar-refractivity contribution is -0.138. The maximum atomic E-state index is 12.5. The standard InChI is InChI=1S/C19H17NO4/c1-24-13-6-4-5-12(9-13)18(21)10-15(19(22)23)16-11-20-17-8-3-2-7-14(16)17/h2-9,11,15,20H,10H2,1H3,(H,22,23). The lowest BCUT2D eigenvalue weighted by atomic mass is 9.91. The van der Waals surface area contributed by atoms with Gasteiger partial charge in [0.05, 0.1) is 13.0 Å². The molecular formula is C19H17NO4. The fourth-order valence-electron chi connectivity index (χ4n) is 2.81. The zero-order chi connectivity index (χ0) is 17.1. The number of ketones is 1. The van der Waals surface area contributed by atoms with E-state index in [1.165, 1.54) is 7.11 Å². The maximum absolute atomic E-state index is 12.5. The Bertz CT molecular complexity index is 897. The number of carbonyl (C=O) groups is 2. The van der Waals surface area contributed by atoms with Crippen molar-refractivity contribution in [2.24, 2.45) is 0 Å².